The van der Waals surface area contributed by atoms with Gasteiger partial charge >= 0.3 is 0 Å². The van der Waals surface area contributed by atoms with Crippen molar-refractivity contribution >= 4 is 11.5 Å². The molecule has 1 unspecified atom stereocenters. The zero-order valence-electron chi connectivity index (χ0n) is 16.8. The highest BCUT2D eigenvalue weighted by Crippen LogP contribution is 2.36. The highest BCUT2D eigenvalue weighted by Gasteiger charge is 2.41. The second-order valence-electron chi connectivity index (χ2n) is 7.78. The van der Waals surface area contributed by atoms with Crippen LogP contribution in [0.25, 0.3) is 16.8 Å². The van der Waals surface area contributed by atoms with E-state index >= 15 is 0 Å². The maximum atomic E-state index is 13.2. The predicted molar refractivity (Wildman–Crippen MR) is 112 cm³/mol. The first-order chi connectivity index (χ1) is 14.6. The van der Waals surface area contributed by atoms with E-state index in [1.165, 1.54) is 12.1 Å². The number of aromatic nitrogens is 3. The van der Waals surface area contributed by atoms with Gasteiger partial charge in [-0.1, -0.05) is 19.4 Å². The van der Waals surface area contributed by atoms with Crippen LogP contribution in [0.15, 0.2) is 53.9 Å². The minimum atomic E-state index is -0.477. The third kappa shape index (κ3) is 4.35. The second-order valence-corrected chi connectivity index (χ2v) is 7.78. The first-order valence-electron chi connectivity index (χ1n) is 10.3. The molecule has 6 nitrogen and oxygen atoms in total. The van der Waals surface area contributed by atoms with Gasteiger partial charge in [0, 0.05) is 12.0 Å². The van der Waals surface area contributed by atoms with Gasteiger partial charge in [0.15, 0.2) is 0 Å². The van der Waals surface area contributed by atoms with Crippen LogP contribution >= 0.6 is 0 Å². The summed E-state index contributed by atoms with van der Waals surface area (Å²) in [4.78, 5) is 24.1. The lowest BCUT2D eigenvalue weighted by molar-refractivity contribution is -0.119. The number of halogens is 1. The molecule has 156 valence electrons. The Morgan fingerprint density at radius 3 is 2.73 bits per heavy atom. The number of imidazole rings is 1. The van der Waals surface area contributed by atoms with Gasteiger partial charge in [0.05, 0.1) is 23.6 Å². The standard InChI is InChI=1S/C23H25FN4O2/c1-16(21-25-13-14-30-21)5-3-2-4-11-23(12-10-20(29)28-23)22-26-15-19(27-22)17-6-8-18(24)9-7-17/h6-9,13-15H,1-5,10-12H2,(H,26,27)(H,28,29). The Kier molecular flexibility index (Phi) is 5.79. The Bertz CT molecular complexity index is 1010. The number of nitrogens with one attached hydrogen (secondary N) is 2. The summed E-state index contributed by atoms with van der Waals surface area (Å²) in [5.74, 6) is 1.13. The van der Waals surface area contributed by atoms with E-state index in [9.17, 15) is 9.18 Å². The molecule has 2 aromatic heterocycles. The zero-order chi connectivity index (χ0) is 21.0. The Balaban J connectivity index is 1.38. The number of aromatic amines is 1. The average molecular weight is 408 g/mol. The first-order valence-corrected chi connectivity index (χ1v) is 10.3. The van der Waals surface area contributed by atoms with E-state index in [2.05, 4.69) is 26.8 Å². The summed E-state index contributed by atoms with van der Waals surface area (Å²) in [5, 5.41) is 3.14. The molecule has 3 heterocycles. The zero-order valence-corrected chi connectivity index (χ0v) is 16.8. The van der Waals surface area contributed by atoms with Crippen LogP contribution in [-0.4, -0.2) is 20.9 Å². The number of unbranched alkanes of at least 4 members (excludes halogenated alkanes) is 2. The minimum Gasteiger partial charge on any atom is -0.445 e. The van der Waals surface area contributed by atoms with Crippen molar-refractivity contribution in [1.29, 1.82) is 0 Å². The minimum absolute atomic E-state index is 0.0482. The summed E-state index contributed by atoms with van der Waals surface area (Å²) in [7, 11) is 0. The molecular weight excluding hydrogens is 383 g/mol. The van der Waals surface area contributed by atoms with E-state index < -0.39 is 5.54 Å². The van der Waals surface area contributed by atoms with Crippen molar-refractivity contribution in [2.45, 2.75) is 50.5 Å². The van der Waals surface area contributed by atoms with Gasteiger partial charge in [-0.3, -0.25) is 4.79 Å². The van der Waals surface area contributed by atoms with Gasteiger partial charge in [0.2, 0.25) is 11.8 Å². The van der Waals surface area contributed by atoms with Crippen molar-refractivity contribution in [3.63, 3.8) is 0 Å². The molecule has 7 heteroatoms. The fraction of sp³-hybridized carbons (Fsp3) is 0.348. The summed E-state index contributed by atoms with van der Waals surface area (Å²) < 4.78 is 18.5. The number of hydrogen-bond donors (Lipinski definition) is 2. The predicted octanol–water partition coefficient (Wildman–Crippen LogP) is 4.97. The largest absolute Gasteiger partial charge is 0.445 e. The van der Waals surface area contributed by atoms with Gasteiger partial charge in [-0.25, -0.2) is 14.4 Å². The van der Waals surface area contributed by atoms with E-state index in [0.29, 0.717) is 18.7 Å². The number of H-pyrrole nitrogens is 1. The second kappa shape index (κ2) is 8.65. The van der Waals surface area contributed by atoms with Crippen LogP contribution in [0.4, 0.5) is 4.39 Å². The van der Waals surface area contributed by atoms with Crippen molar-refractivity contribution in [3.05, 3.63) is 67.0 Å². The number of oxazole rings is 1. The summed E-state index contributed by atoms with van der Waals surface area (Å²) in [6, 6.07) is 6.28. The third-order valence-corrected chi connectivity index (χ3v) is 5.66. The quantitative estimate of drug-likeness (QED) is 0.490. The van der Waals surface area contributed by atoms with E-state index in [-0.39, 0.29) is 11.7 Å². The molecule has 1 aliphatic heterocycles. The van der Waals surface area contributed by atoms with Gasteiger partial charge in [-0.15, -0.1) is 0 Å². The van der Waals surface area contributed by atoms with Gasteiger partial charge in [-0.05, 0) is 55.5 Å². The highest BCUT2D eigenvalue weighted by molar-refractivity contribution is 5.79. The Morgan fingerprint density at radius 2 is 2.03 bits per heavy atom. The summed E-state index contributed by atoms with van der Waals surface area (Å²) in [5.41, 5.74) is 2.10. The molecule has 0 saturated carbocycles. The molecule has 0 radical (unpaired) electrons. The summed E-state index contributed by atoms with van der Waals surface area (Å²) in [6.07, 6.45) is 10.7. The van der Waals surface area contributed by atoms with Gasteiger partial charge in [0.25, 0.3) is 0 Å². The molecule has 1 amide bonds. The van der Waals surface area contributed by atoms with Crippen LogP contribution in [0.5, 0.6) is 0 Å². The molecule has 0 aliphatic carbocycles. The molecule has 0 spiro atoms. The summed E-state index contributed by atoms with van der Waals surface area (Å²) >= 11 is 0. The number of carbonyl (C=O) groups excluding carboxylic acids is 1. The van der Waals surface area contributed by atoms with Gasteiger partial charge in [-0.2, -0.15) is 0 Å². The van der Waals surface area contributed by atoms with Crippen LogP contribution in [0.1, 0.15) is 56.7 Å². The molecule has 1 atom stereocenters. The van der Waals surface area contributed by atoms with Gasteiger partial charge < -0.3 is 14.7 Å². The monoisotopic (exact) mass is 408 g/mol. The lowest BCUT2D eigenvalue weighted by Gasteiger charge is -2.27. The maximum Gasteiger partial charge on any atom is 0.221 e. The number of benzene rings is 1. The van der Waals surface area contributed by atoms with Crippen molar-refractivity contribution in [3.8, 4) is 11.3 Å². The Hall–Kier alpha value is -3.22. The Morgan fingerprint density at radius 1 is 1.20 bits per heavy atom. The van der Waals surface area contributed by atoms with E-state index in [1.54, 1.807) is 30.8 Å². The number of rotatable bonds is 9. The number of nitrogens with zero attached hydrogens (tertiary/aromatic N) is 2. The molecule has 4 rings (SSSR count). The van der Waals surface area contributed by atoms with Crippen molar-refractivity contribution in [2.24, 2.45) is 0 Å². The van der Waals surface area contributed by atoms with Crippen LogP contribution in [0, 0.1) is 5.82 Å². The number of carbonyl (C=O) groups is 1. The van der Waals surface area contributed by atoms with E-state index in [1.807, 2.05) is 0 Å². The number of amides is 1. The maximum absolute atomic E-state index is 13.2. The molecule has 1 saturated heterocycles. The molecule has 1 aliphatic rings. The molecule has 1 aromatic carbocycles. The van der Waals surface area contributed by atoms with Crippen LogP contribution in [0.3, 0.4) is 0 Å². The smallest absolute Gasteiger partial charge is 0.221 e. The topological polar surface area (TPSA) is 83.8 Å². The van der Waals surface area contributed by atoms with Crippen molar-refractivity contribution in [2.75, 3.05) is 0 Å². The fourth-order valence-electron chi connectivity index (χ4n) is 3.99. The first kappa shape index (κ1) is 20.1. The van der Waals surface area contributed by atoms with Crippen LogP contribution in [0.2, 0.25) is 0 Å². The van der Waals surface area contributed by atoms with E-state index in [4.69, 9.17) is 4.42 Å². The molecule has 3 aromatic rings. The normalized spacial score (nSPS) is 18.5. The summed E-state index contributed by atoms with van der Waals surface area (Å²) in [6.45, 7) is 4.03. The Labute approximate surface area is 174 Å². The molecule has 30 heavy (non-hydrogen) atoms. The lowest BCUT2D eigenvalue weighted by atomic mass is 9.89. The van der Waals surface area contributed by atoms with Crippen molar-refractivity contribution in [1.82, 2.24) is 20.3 Å². The van der Waals surface area contributed by atoms with Crippen LogP contribution < -0.4 is 5.32 Å². The average Bonchev–Trinajstić information content (AvgIpc) is 3.50. The molecule has 0 bridgehead atoms. The highest BCUT2D eigenvalue weighted by atomic mass is 19.1. The number of hydrogen-bond acceptors (Lipinski definition) is 4. The lowest BCUT2D eigenvalue weighted by Crippen LogP contribution is -2.39. The number of allylic oxidation sites excluding steroid dienone is 1. The SMILES string of the molecule is C=C(CCCCCC1(c2ncc(-c3ccc(F)cc3)[nH]2)CCC(=O)N1)c1ncco1. The van der Waals surface area contributed by atoms with E-state index in [0.717, 1.165) is 54.8 Å². The van der Waals surface area contributed by atoms with Crippen molar-refractivity contribution < 1.29 is 13.6 Å². The fourth-order valence-corrected chi connectivity index (χ4v) is 3.99. The molecule has 2 N–H and O–H groups in total. The molecule has 1 fully saturated rings. The molecular formula is C23H25FN4O2. The van der Waals surface area contributed by atoms with Gasteiger partial charge in [0.1, 0.15) is 17.9 Å². The van der Waals surface area contributed by atoms with Crippen LogP contribution in [-0.2, 0) is 10.3 Å². The third-order valence-electron chi connectivity index (χ3n) is 5.66.